The fourth-order valence-corrected chi connectivity index (χ4v) is 3.79. The number of carbonyl (C=O) groups excluding carboxylic acids is 2. The highest BCUT2D eigenvalue weighted by molar-refractivity contribution is 7.95. The van der Waals surface area contributed by atoms with E-state index in [2.05, 4.69) is 4.99 Å². The molecule has 0 bridgehead atoms. The topological polar surface area (TPSA) is 74.2 Å². The molecule has 2 unspecified atom stereocenters. The minimum absolute atomic E-state index is 0.255. The Morgan fingerprint density at radius 2 is 1.89 bits per heavy atom. The van der Waals surface area contributed by atoms with Crippen LogP contribution < -0.4 is 0 Å². The van der Waals surface area contributed by atoms with Crippen molar-refractivity contribution >= 4 is 35.4 Å². The second-order valence-corrected chi connectivity index (χ2v) is 7.12. The third-order valence-electron chi connectivity index (χ3n) is 4.51. The molecule has 2 rings (SSSR count). The molecule has 1 aromatic carbocycles. The van der Waals surface area contributed by atoms with Crippen molar-refractivity contribution in [3.05, 3.63) is 41.5 Å². The van der Waals surface area contributed by atoms with Gasteiger partial charge in [0.25, 0.3) is 0 Å². The van der Waals surface area contributed by atoms with E-state index in [1.54, 1.807) is 21.0 Å². The Labute approximate surface area is 170 Å². The maximum absolute atomic E-state index is 12.8. The number of benzene rings is 1. The molecule has 0 saturated heterocycles. The molecule has 28 heavy (non-hydrogen) atoms. The first-order valence-electron chi connectivity index (χ1n) is 9.39. The zero-order chi connectivity index (χ0) is 20.5. The van der Waals surface area contributed by atoms with Crippen LogP contribution in [0, 0.1) is 11.8 Å². The SMILES string of the molecule is CCOC(=O)C1=C(c2ccccc2)N=C(C)C(C(=O)OSCCOC)C1CC. The van der Waals surface area contributed by atoms with Crippen LogP contribution in [0.15, 0.2) is 40.9 Å². The summed E-state index contributed by atoms with van der Waals surface area (Å²) in [6.07, 6.45) is 0.583. The molecule has 0 aromatic heterocycles. The molecule has 152 valence electrons. The Morgan fingerprint density at radius 3 is 2.50 bits per heavy atom. The molecule has 0 N–H and O–H groups in total. The third-order valence-corrected chi connectivity index (χ3v) is 5.13. The zero-order valence-electron chi connectivity index (χ0n) is 16.8. The van der Waals surface area contributed by atoms with Gasteiger partial charge in [0.05, 0.1) is 42.3 Å². The van der Waals surface area contributed by atoms with Gasteiger partial charge in [-0.3, -0.25) is 9.79 Å². The summed E-state index contributed by atoms with van der Waals surface area (Å²) in [5, 5.41) is 0. The molecule has 0 saturated carbocycles. The largest absolute Gasteiger partial charge is 0.463 e. The summed E-state index contributed by atoms with van der Waals surface area (Å²) in [4.78, 5) is 30.2. The minimum Gasteiger partial charge on any atom is -0.463 e. The summed E-state index contributed by atoms with van der Waals surface area (Å²) in [5.74, 6) is -1.27. The van der Waals surface area contributed by atoms with E-state index in [4.69, 9.17) is 13.7 Å². The smallest absolute Gasteiger partial charge is 0.336 e. The van der Waals surface area contributed by atoms with Crippen LogP contribution in [0.1, 0.15) is 32.8 Å². The molecule has 0 amide bonds. The van der Waals surface area contributed by atoms with Crippen molar-refractivity contribution in [2.24, 2.45) is 16.8 Å². The van der Waals surface area contributed by atoms with Crippen LogP contribution in [0.3, 0.4) is 0 Å². The first-order valence-corrected chi connectivity index (χ1v) is 10.3. The predicted octanol–water partition coefficient (Wildman–Crippen LogP) is 3.92. The molecule has 6 nitrogen and oxygen atoms in total. The van der Waals surface area contributed by atoms with E-state index in [9.17, 15) is 9.59 Å². The Kier molecular flexibility index (Phi) is 8.73. The van der Waals surface area contributed by atoms with Gasteiger partial charge >= 0.3 is 11.9 Å². The van der Waals surface area contributed by atoms with Crippen molar-refractivity contribution in [3.63, 3.8) is 0 Å². The fraction of sp³-hybridized carbons (Fsp3) is 0.476. The number of methoxy groups -OCH3 is 1. The van der Waals surface area contributed by atoms with Gasteiger partial charge in [0.1, 0.15) is 5.92 Å². The van der Waals surface area contributed by atoms with E-state index in [1.807, 2.05) is 37.3 Å². The summed E-state index contributed by atoms with van der Waals surface area (Å²) in [5.41, 5.74) is 2.46. The lowest BCUT2D eigenvalue weighted by molar-refractivity contribution is -0.140. The molecule has 1 heterocycles. The Bertz CT molecular complexity index is 744. The van der Waals surface area contributed by atoms with Gasteiger partial charge in [0.15, 0.2) is 0 Å². The van der Waals surface area contributed by atoms with E-state index >= 15 is 0 Å². The second kappa shape index (κ2) is 11.0. The molecule has 0 fully saturated rings. The van der Waals surface area contributed by atoms with Crippen LogP contribution in [0.2, 0.25) is 0 Å². The summed E-state index contributed by atoms with van der Waals surface area (Å²) in [7, 11) is 1.59. The summed E-state index contributed by atoms with van der Waals surface area (Å²) >= 11 is 1.05. The van der Waals surface area contributed by atoms with E-state index in [0.717, 1.165) is 17.6 Å². The van der Waals surface area contributed by atoms with Crippen LogP contribution in [-0.4, -0.2) is 43.7 Å². The van der Waals surface area contributed by atoms with Crippen molar-refractivity contribution in [1.29, 1.82) is 0 Å². The van der Waals surface area contributed by atoms with Crippen molar-refractivity contribution in [1.82, 2.24) is 0 Å². The Balaban J connectivity index is 2.41. The summed E-state index contributed by atoms with van der Waals surface area (Å²) in [6.45, 7) is 6.25. The van der Waals surface area contributed by atoms with E-state index in [1.165, 1.54) is 0 Å². The average molecular weight is 406 g/mol. The summed E-state index contributed by atoms with van der Waals surface area (Å²) < 4.78 is 15.6. The number of hydrogen-bond acceptors (Lipinski definition) is 7. The fourth-order valence-electron chi connectivity index (χ4n) is 3.26. The standard InChI is InChI=1S/C21H27NO5S/c1-5-16-17(21(24)27-28-13-12-25-4)14(3)22-19(15-10-8-7-9-11-15)18(16)20(23)26-6-2/h7-11,16-17H,5-6,12-13H2,1-4H3. The van der Waals surface area contributed by atoms with Gasteiger partial charge in [-0.1, -0.05) is 37.3 Å². The lowest BCUT2D eigenvalue weighted by Gasteiger charge is -2.31. The molecule has 1 aliphatic rings. The average Bonchev–Trinajstić information content (AvgIpc) is 2.70. The molecular formula is C21H27NO5S. The van der Waals surface area contributed by atoms with Crippen LogP contribution in [0.4, 0.5) is 0 Å². The quantitative estimate of drug-likeness (QED) is 0.352. The van der Waals surface area contributed by atoms with Gasteiger partial charge in [-0.05, 0) is 20.3 Å². The van der Waals surface area contributed by atoms with Crippen LogP contribution in [0.5, 0.6) is 0 Å². The number of ether oxygens (including phenoxy) is 2. The molecule has 0 radical (unpaired) electrons. The number of hydrogen-bond donors (Lipinski definition) is 0. The number of rotatable bonds is 9. The molecule has 1 aromatic rings. The first-order chi connectivity index (χ1) is 13.5. The summed E-state index contributed by atoms with van der Waals surface area (Å²) in [6, 6.07) is 9.49. The van der Waals surface area contributed by atoms with Crippen molar-refractivity contribution in [3.8, 4) is 0 Å². The molecule has 1 aliphatic heterocycles. The number of esters is 1. The molecule has 7 heteroatoms. The van der Waals surface area contributed by atoms with Gasteiger partial charge in [-0.2, -0.15) is 0 Å². The van der Waals surface area contributed by atoms with Gasteiger partial charge in [-0.25, -0.2) is 4.79 Å². The minimum atomic E-state index is -0.619. The van der Waals surface area contributed by atoms with Gasteiger partial charge in [0, 0.05) is 24.3 Å². The monoisotopic (exact) mass is 405 g/mol. The van der Waals surface area contributed by atoms with Crippen LogP contribution in [-0.2, 0) is 23.2 Å². The molecule has 2 atom stereocenters. The Hall–Kier alpha value is -2.12. The van der Waals surface area contributed by atoms with Gasteiger partial charge in [-0.15, -0.1) is 0 Å². The zero-order valence-corrected chi connectivity index (χ0v) is 17.6. The lowest BCUT2D eigenvalue weighted by Crippen LogP contribution is -2.37. The van der Waals surface area contributed by atoms with Crippen LogP contribution in [0.25, 0.3) is 5.70 Å². The number of nitrogens with zero attached hydrogens (tertiary/aromatic N) is 1. The first kappa shape index (κ1) is 22.2. The van der Waals surface area contributed by atoms with Crippen molar-refractivity contribution in [2.45, 2.75) is 27.2 Å². The van der Waals surface area contributed by atoms with E-state index in [0.29, 0.717) is 35.8 Å². The normalized spacial score (nSPS) is 19.2. The van der Waals surface area contributed by atoms with Gasteiger partial charge in [0.2, 0.25) is 0 Å². The van der Waals surface area contributed by atoms with Crippen LogP contribution >= 0.6 is 12.0 Å². The highest BCUT2D eigenvalue weighted by Crippen LogP contribution is 2.39. The molecular weight excluding hydrogens is 378 g/mol. The third kappa shape index (κ3) is 5.23. The molecule has 0 spiro atoms. The maximum atomic E-state index is 12.8. The number of carbonyl (C=O) groups is 2. The highest BCUT2D eigenvalue weighted by atomic mass is 32.2. The van der Waals surface area contributed by atoms with Crippen molar-refractivity contribution in [2.75, 3.05) is 26.1 Å². The van der Waals surface area contributed by atoms with Gasteiger partial charge < -0.3 is 13.7 Å². The second-order valence-electron chi connectivity index (χ2n) is 6.31. The van der Waals surface area contributed by atoms with E-state index in [-0.39, 0.29) is 12.5 Å². The lowest BCUT2D eigenvalue weighted by atomic mass is 9.77. The highest BCUT2D eigenvalue weighted by Gasteiger charge is 2.41. The maximum Gasteiger partial charge on any atom is 0.336 e. The van der Waals surface area contributed by atoms with Crippen molar-refractivity contribution < 1.29 is 23.2 Å². The predicted molar refractivity (Wildman–Crippen MR) is 111 cm³/mol. The Morgan fingerprint density at radius 1 is 1.18 bits per heavy atom. The number of aliphatic imine (C=N–C) groups is 1. The van der Waals surface area contributed by atoms with E-state index < -0.39 is 17.9 Å². The molecule has 0 aliphatic carbocycles.